The molecule has 21 heavy (non-hydrogen) atoms. The molecule has 0 aliphatic rings. The summed E-state index contributed by atoms with van der Waals surface area (Å²) in [5.74, 6) is -1.41. The number of aromatic carboxylic acids is 1. The molecule has 0 bridgehead atoms. The molecule has 0 atom stereocenters. The van der Waals surface area contributed by atoms with Crippen molar-refractivity contribution in [3.05, 3.63) is 63.6 Å². The van der Waals surface area contributed by atoms with Crippen molar-refractivity contribution in [2.75, 3.05) is 0 Å². The number of carbonyl (C=O) groups is 1. The average Bonchev–Trinajstić information content (AvgIpc) is 2.81. The zero-order chi connectivity index (χ0) is 15.0. The Hall–Kier alpha value is -2.21. The summed E-state index contributed by atoms with van der Waals surface area (Å²) < 4.78 is 14.6. The molecule has 3 rings (SSSR count). The minimum absolute atomic E-state index is 0.371. The van der Waals surface area contributed by atoms with E-state index < -0.39 is 11.8 Å². The maximum atomic E-state index is 13.6. The van der Waals surface area contributed by atoms with Crippen molar-refractivity contribution in [1.82, 2.24) is 9.97 Å². The van der Waals surface area contributed by atoms with Gasteiger partial charge in [-0.25, -0.2) is 14.2 Å². The smallest absolute Gasteiger partial charge is 0.338 e. The molecular formula is C15H10BrFN2O2. The van der Waals surface area contributed by atoms with E-state index in [0.29, 0.717) is 23.3 Å². The molecular weight excluding hydrogens is 339 g/mol. The van der Waals surface area contributed by atoms with Crippen LogP contribution in [0.3, 0.4) is 0 Å². The molecule has 0 aliphatic heterocycles. The SMILES string of the molecule is O=C(O)c1cc2nc(Cc3ccc(Br)cc3)[nH]c2cc1F. The summed E-state index contributed by atoms with van der Waals surface area (Å²) >= 11 is 3.37. The predicted molar refractivity (Wildman–Crippen MR) is 80.0 cm³/mol. The first-order chi connectivity index (χ1) is 10.0. The molecule has 3 aromatic rings. The lowest BCUT2D eigenvalue weighted by Gasteiger charge is -1.97. The topological polar surface area (TPSA) is 66.0 Å². The second-order valence-electron chi connectivity index (χ2n) is 4.64. The van der Waals surface area contributed by atoms with Crippen molar-refractivity contribution in [1.29, 1.82) is 0 Å². The Bertz CT molecular complexity index is 828. The third-order valence-electron chi connectivity index (χ3n) is 3.13. The van der Waals surface area contributed by atoms with Crippen molar-refractivity contribution in [3.8, 4) is 0 Å². The van der Waals surface area contributed by atoms with Crippen molar-refractivity contribution in [2.24, 2.45) is 0 Å². The second kappa shape index (κ2) is 5.29. The number of benzene rings is 2. The van der Waals surface area contributed by atoms with E-state index in [4.69, 9.17) is 5.11 Å². The van der Waals surface area contributed by atoms with Crippen LogP contribution in [0.5, 0.6) is 0 Å². The Morgan fingerprint density at radius 2 is 2.00 bits per heavy atom. The van der Waals surface area contributed by atoms with E-state index >= 15 is 0 Å². The highest BCUT2D eigenvalue weighted by molar-refractivity contribution is 9.10. The summed E-state index contributed by atoms with van der Waals surface area (Å²) in [5, 5.41) is 8.91. The standard InChI is InChI=1S/C15H10BrFN2O2/c16-9-3-1-8(2-4-9)5-14-18-12-6-10(15(20)21)11(17)7-13(12)19-14/h1-4,6-7H,5H2,(H,18,19)(H,20,21). The van der Waals surface area contributed by atoms with Gasteiger partial charge in [0.2, 0.25) is 0 Å². The first-order valence-electron chi connectivity index (χ1n) is 6.19. The van der Waals surface area contributed by atoms with Gasteiger partial charge in [-0.15, -0.1) is 0 Å². The van der Waals surface area contributed by atoms with Crippen molar-refractivity contribution in [3.63, 3.8) is 0 Å². The maximum absolute atomic E-state index is 13.6. The highest BCUT2D eigenvalue weighted by atomic mass is 79.9. The van der Waals surface area contributed by atoms with Gasteiger partial charge < -0.3 is 10.1 Å². The molecule has 2 N–H and O–H groups in total. The number of nitrogens with zero attached hydrogens (tertiary/aromatic N) is 1. The number of hydrogen-bond acceptors (Lipinski definition) is 2. The third kappa shape index (κ3) is 2.80. The summed E-state index contributed by atoms with van der Waals surface area (Å²) in [4.78, 5) is 18.2. The summed E-state index contributed by atoms with van der Waals surface area (Å²) in [6.45, 7) is 0. The summed E-state index contributed by atoms with van der Waals surface area (Å²) in [6.07, 6.45) is 0.561. The van der Waals surface area contributed by atoms with Crippen LogP contribution in [0, 0.1) is 5.82 Å². The number of carboxylic acids is 1. The van der Waals surface area contributed by atoms with E-state index in [1.54, 1.807) is 0 Å². The lowest BCUT2D eigenvalue weighted by Crippen LogP contribution is -1.99. The highest BCUT2D eigenvalue weighted by Crippen LogP contribution is 2.19. The Balaban J connectivity index is 1.97. The van der Waals surface area contributed by atoms with E-state index in [1.807, 2.05) is 24.3 Å². The largest absolute Gasteiger partial charge is 0.478 e. The normalized spacial score (nSPS) is 11.0. The number of imidazole rings is 1. The number of nitrogens with one attached hydrogen (secondary N) is 1. The van der Waals surface area contributed by atoms with Gasteiger partial charge in [0.25, 0.3) is 0 Å². The fourth-order valence-electron chi connectivity index (χ4n) is 2.13. The van der Waals surface area contributed by atoms with Crippen LogP contribution in [0.25, 0.3) is 11.0 Å². The van der Waals surface area contributed by atoms with E-state index in [1.165, 1.54) is 6.07 Å². The van der Waals surface area contributed by atoms with Crippen LogP contribution in [0.2, 0.25) is 0 Å². The number of rotatable bonds is 3. The zero-order valence-electron chi connectivity index (χ0n) is 10.7. The molecule has 0 unspecified atom stereocenters. The minimum atomic E-state index is -1.30. The minimum Gasteiger partial charge on any atom is -0.478 e. The Morgan fingerprint density at radius 1 is 1.29 bits per heavy atom. The molecule has 2 aromatic carbocycles. The first kappa shape index (κ1) is 13.8. The fourth-order valence-corrected chi connectivity index (χ4v) is 2.39. The summed E-state index contributed by atoms with van der Waals surface area (Å²) in [7, 11) is 0. The number of halogens is 2. The molecule has 1 aromatic heterocycles. The molecule has 0 amide bonds. The first-order valence-corrected chi connectivity index (χ1v) is 6.98. The molecule has 6 heteroatoms. The molecule has 0 saturated heterocycles. The van der Waals surface area contributed by atoms with Crippen LogP contribution < -0.4 is 0 Å². The maximum Gasteiger partial charge on any atom is 0.338 e. The molecule has 1 heterocycles. The highest BCUT2D eigenvalue weighted by Gasteiger charge is 2.14. The van der Waals surface area contributed by atoms with Gasteiger partial charge in [0.1, 0.15) is 11.6 Å². The lowest BCUT2D eigenvalue weighted by atomic mass is 10.1. The van der Waals surface area contributed by atoms with Crippen LogP contribution in [0.15, 0.2) is 40.9 Å². The monoisotopic (exact) mass is 348 g/mol. The number of hydrogen-bond donors (Lipinski definition) is 2. The Morgan fingerprint density at radius 3 is 2.67 bits per heavy atom. The lowest BCUT2D eigenvalue weighted by molar-refractivity contribution is 0.0692. The number of H-pyrrole nitrogens is 1. The predicted octanol–water partition coefficient (Wildman–Crippen LogP) is 3.75. The van der Waals surface area contributed by atoms with Gasteiger partial charge >= 0.3 is 5.97 Å². The van der Waals surface area contributed by atoms with Crippen LogP contribution in [0.4, 0.5) is 4.39 Å². The average molecular weight is 349 g/mol. The molecule has 0 saturated carbocycles. The van der Waals surface area contributed by atoms with Gasteiger partial charge in [0.15, 0.2) is 0 Å². The van der Waals surface area contributed by atoms with Gasteiger partial charge in [0, 0.05) is 17.0 Å². The van der Waals surface area contributed by atoms with Gasteiger partial charge in [-0.05, 0) is 23.8 Å². The van der Waals surface area contributed by atoms with Crippen LogP contribution >= 0.6 is 15.9 Å². The number of aromatic nitrogens is 2. The van der Waals surface area contributed by atoms with E-state index in [2.05, 4.69) is 25.9 Å². The van der Waals surface area contributed by atoms with Crippen molar-refractivity contribution >= 4 is 32.9 Å². The molecule has 0 radical (unpaired) electrons. The van der Waals surface area contributed by atoms with Crippen LogP contribution in [0.1, 0.15) is 21.7 Å². The van der Waals surface area contributed by atoms with Gasteiger partial charge in [-0.3, -0.25) is 0 Å². The zero-order valence-corrected chi connectivity index (χ0v) is 12.3. The third-order valence-corrected chi connectivity index (χ3v) is 3.66. The fraction of sp³-hybridized carbons (Fsp3) is 0.0667. The number of aromatic amines is 1. The Labute approximate surface area is 127 Å². The van der Waals surface area contributed by atoms with Gasteiger partial charge in [-0.2, -0.15) is 0 Å². The number of fused-ring (bicyclic) bond motifs is 1. The summed E-state index contributed by atoms with van der Waals surface area (Å²) in [6, 6.07) is 10.2. The van der Waals surface area contributed by atoms with E-state index in [-0.39, 0.29) is 5.56 Å². The Kier molecular flexibility index (Phi) is 3.47. The van der Waals surface area contributed by atoms with Crippen LogP contribution in [-0.2, 0) is 6.42 Å². The van der Waals surface area contributed by atoms with Gasteiger partial charge in [-0.1, -0.05) is 28.1 Å². The van der Waals surface area contributed by atoms with E-state index in [0.717, 1.165) is 16.1 Å². The molecule has 4 nitrogen and oxygen atoms in total. The van der Waals surface area contributed by atoms with E-state index in [9.17, 15) is 9.18 Å². The molecule has 0 spiro atoms. The number of carboxylic acid groups (broad SMARTS) is 1. The van der Waals surface area contributed by atoms with Gasteiger partial charge in [0.05, 0.1) is 16.6 Å². The van der Waals surface area contributed by atoms with Crippen LogP contribution in [-0.4, -0.2) is 21.0 Å². The molecule has 0 aliphatic carbocycles. The van der Waals surface area contributed by atoms with Crippen molar-refractivity contribution < 1.29 is 14.3 Å². The molecule has 106 valence electrons. The quantitative estimate of drug-likeness (QED) is 0.757. The van der Waals surface area contributed by atoms with Crippen molar-refractivity contribution in [2.45, 2.75) is 6.42 Å². The second-order valence-corrected chi connectivity index (χ2v) is 5.56. The summed E-state index contributed by atoms with van der Waals surface area (Å²) in [5.41, 5.74) is 1.62. The molecule has 0 fully saturated rings.